The van der Waals surface area contributed by atoms with E-state index in [2.05, 4.69) is 0 Å². The van der Waals surface area contributed by atoms with E-state index in [0.717, 1.165) is 12.1 Å². The quantitative estimate of drug-likeness (QED) is 0.900. The highest BCUT2D eigenvalue weighted by molar-refractivity contribution is 5.21. The fourth-order valence-corrected chi connectivity index (χ4v) is 1.95. The van der Waals surface area contributed by atoms with Gasteiger partial charge in [-0.1, -0.05) is 18.2 Å². The first-order chi connectivity index (χ1) is 9.04. The van der Waals surface area contributed by atoms with E-state index in [-0.39, 0.29) is 24.2 Å². The van der Waals surface area contributed by atoms with Gasteiger partial charge in [0.25, 0.3) is 0 Å². The Morgan fingerprint density at radius 1 is 0.895 bits per heavy atom. The predicted octanol–water partition coefficient (Wildman–Crippen LogP) is 3.25. The summed E-state index contributed by atoms with van der Waals surface area (Å²) in [6.07, 6.45) is -0.571. The fourth-order valence-electron chi connectivity index (χ4n) is 1.95. The van der Waals surface area contributed by atoms with Gasteiger partial charge >= 0.3 is 0 Å². The molecule has 0 aromatic heterocycles. The largest absolute Gasteiger partial charge is 0.392 e. The number of aliphatic hydroxyl groups is 1. The molecule has 1 atom stereocenters. The van der Waals surface area contributed by atoms with Crippen molar-refractivity contribution in [1.29, 1.82) is 0 Å². The minimum absolute atomic E-state index is 0.0582. The van der Waals surface area contributed by atoms with E-state index >= 15 is 0 Å². The standard InChI is InChI=1S/C15H13F3O/c16-12-3-1-2-10(6-12)7-14(19)8-11-4-5-13(17)9-15(11)18/h1-6,9,14,19H,7-8H2. The maximum Gasteiger partial charge on any atom is 0.129 e. The first-order valence-corrected chi connectivity index (χ1v) is 5.91. The highest BCUT2D eigenvalue weighted by Gasteiger charge is 2.11. The van der Waals surface area contributed by atoms with E-state index in [9.17, 15) is 18.3 Å². The molecule has 0 radical (unpaired) electrons. The van der Waals surface area contributed by atoms with Crippen LogP contribution in [0.15, 0.2) is 42.5 Å². The lowest BCUT2D eigenvalue weighted by Gasteiger charge is -2.11. The van der Waals surface area contributed by atoms with Crippen molar-refractivity contribution in [2.45, 2.75) is 18.9 Å². The molecule has 0 aliphatic heterocycles. The third kappa shape index (κ3) is 3.83. The van der Waals surface area contributed by atoms with E-state index < -0.39 is 17.7 Å². The Labute approximate surface area is 109 Å². The Balaban J connectivity index is 2.03. The van der Waals surface area contributed by atoms with Crippen LogP contribution in [-0.2, 0) is 12.8 Å². The zero-order valence-electron chi connectivity index (χ0n) is 10.1. The topological polar surface area (TPSA) is 20.2 Å². The summed E-state index contributed by atoms with van der Waals surface area (Å²) >= 11 is 0. The van der Waals surface area contributed by atoms with Crippen LogP contribution in [0.2, 0.25) is 0 Å². The zero-order valence-corrected chi connectivity index (χ0v) is 10.1. The van der Waals surface area contributed by atoms with Crippen LogP contribution < -0.4 is 0 Å². The lowest BCUT2D eigenvalue weighted by molar-refractivity contribution is 0.174. The van der Waals surface area contributed by atoms with Gasteiger partial charge in [-0.2, -0.15) is 0 Å². The van der Waals surface area contributed by atoms with E-state index in [1.165, 1.54) is 18.2 Å². The molecule has 0 saturated heterocycles. The highest BCUT2D eigenvalue weighted by atomic mass is 19.1. The number of halogens is 3. The van der Waals surface area contributed by atoms with Gasteiger partial charge in [-0.15, -0.1) is 0 Å². The summed E-state index contributed by atoms with van der Waals surface area (Å²) in [4.78, 5) is 0. The van der Waals surface area contributed by atoms with E-state index in [4.69, 9.17) is 0 Å². The first-order valence-electron chi connectivity index (χ1n) is 5.91. The maximum absolute atomic E-state index is 13.4. The van der Waals surface area contributed by atoms with Crippen molar-refractivity contribution in [1.82, 2.24) is 0 Å². The molecule has 2 aromatic rings. The second-order valence-corrected chi connectivity index (χ2v) is 4.43. The molecule has 2 rings (SSSR count). The Bertz CT molecular complexity index is 569. The molecule has 1 unspecified atom stereocenters. The zero-order chi connectivity index (χ0) is 13.8. The van der Waals surface area contributed by atoms with Crippen molar-refractivity contribution in [2.24, 2.45) is 0 Å². The third-order valence-electron chi connectivity index (χ3n) is 2.83. The van der Waals surface area contributed by atoms with Crippen molar-refractivity contribution in [3.63, 3.8) is 0 Å². The molecular weight excluding hydrogens is 253 g/mol. The van der Waals surface area contributed by atoms with Gasteiger partial charge in [-0.25, -0.2) is 13.2 Å². The van der Waals surface area contributed by atoms with Gasteiger partial charge in [-0.05, 0) is 35.7 Å². The smallest absolute Gasteiger partial charge is 0.129 e. The number of rotatable bonds is 4. The lowest BCUT2D eigenvalue weighted by Crippen LogP contribution is -2.15. The molecule has 1 nitrogen and oxygen atoms in total. The van der Waals surface area contributed by atoms with Gasteiger partial charge in [0.15, 0.2) is 0 Å². The summed E-state index contributed by atoms with van der Waals surface area (Å²) in [7, 11) is 0. The normalized spacial score (nSPS) is 12.4. The van der Waals surface area contributed by atoms with Gasteiger partial charge in [0, 0.05) is 12.5 Å². The van der Waals surface area contributed by atoms with Gasteiger partial charge in [0.1, 0.15) is 17.5 Å². The second-order valence-electron chi connectivity index (χ2n) is 4.43. The Morgan fingerprint density at radius 2 is 1.63 bits per heavy atom. The summed E-state index contributed by atoms with van der Waals surface area (Å²) in [5.41, 5.74) is 0.875. The Hall–Kier alpha value is -1.81. The molecule has 2 aromatic carbocycles. The number of aliphatic hydroxyl groups excluding tert-OH is 1. The number of hydrogen-bond donors (Lipinski definition) is 1. The third-order valence-corrected chi connectivity index (χ3v) is 2.83. The Morgan fingerprint density at radius 3 is 2.32 bits per heavy atom. The monoisotopic (exact) mass is 266 g/mol. The highest BCUT2D eigenvalue weighted by Crippen LogP contribution is 2.14. The molecule has 4 heteroatoms. The van der Waals surface area contributed by atoms with Crippen molar-refractivity contribution < 1.29 is 18.3 Å². The molecule has 0 saturated carbocycles. The number of hydrogen-bond acceptors (Lipinski definition) is 1. The van der Waals surface area contributed by atoms with Crippen LogP contribution in [0.4, 0.5) is 13.2 Å². The SMILES string of the molecule is OC(Cc1cccc(F)c1)Cc1ccc(F)cc1F. The van der Waals surface area contributed by atoms with Crippen LogP contribution in [-0.4, -0.2) is 11.2 Å². The predicted molar refractivity (Wildman–Crippen MR) is 66.2 cm³/mol. The van der Waals surface area contributed by atoms with Crippen LogP contribution in [0.25, 0.3) is 0 Å². The lowest BCUT2D eigenvalue weighted by atomic mass is 10.0. The van der Waals surface area contributed by atoms with Gasteiger partial charge in [0.2, 0.25) is 0 Å². The molecule has 1 N–H and O–H groups in total. The minimum atomic E-state index is -0.846. The molecule has 0 fully saturated rings. The summed E-state index contributed by atoms with van der Waals surface area (Å²) < 4.78 is 39.1. The van der Waals surface area contributed by atoms with Gasteiger partial charge < -0.3 is 5.11 Å². The fraction of sp³-hybridized carbons (Fsp3) is 0.200. The molecule has 100 valence electrons. The average molecular weight is 266 g/mol. The van der Waals surface area contributed by atoms with Crippen molar-refractivity contribution in [3.8, 4) is 0 Å². The molecule has 0 aliphatic carbocycles. The minimum Gasteiger partial charge on any atom is -0.392 e. The average Bonchev–Trinajstić information content (AvgIpc) is 2.33. The van der Waals surface area contributed by atoms with Crippen LogP contribution in [0.5, 0.6) is 0 Å². The van der Waals surface area contributed by atoms with Crippen LogP contribution in [0.1, 0.15) is 11.1 Å². The van der Waals surface area contributed by atoms with Crippen molar-refractivity contribution >= 4 is 0 Å². The second kappa shape index (κ2) is 5.89. The van der Waals surface area contributed by atoms with Crippen LogP contribution in [0, 0.1) is 17.5 Å². The molecule has 0 bridgehead atoms. The molecule has 0 amide bonds. The molecule has 0 spiro atoms. The summed E-state index contributed by atoms with van der Waals surface area (Å²) in [5.74, 6) is -1.71. The summed E-state index contributed by atoms with van der Waals surface area (Å²) in [5, 5.41) is 9.86. The van der Waals surface area contributed by atoms with Crippen LogP contribution in [0.3, 0.4) is 0 Å². The molecular formula is C15H13F3O. The van der Waals surface area contributed by atoms with E-state index in [1.807, 2.05) is 0 Å². The van der Waals surface area contributed by atoms with Crippen LogP contribution >= 0.6 is 0 Å². The molecule has 0 heterocycles. The first kappa shape index (κ1) is 13.6. The van der Waals surface area contributed by atoms with E-state index in [0.29, 0.717) is 5.56 Å². The Kier molecular flexibility index (Phi) is 4.22. The molecule has 19 heavy (non-hydrogen) atoms. The van der Waals surface area contributed by atoms with E-state index in [1.54, 1.807) is 12.1 Å². The van der Waals surface area contributed by atoms with Gasteiger partial charge in [0.05, 0.1) is 6.10 Å². The van der Waals surface area contributed by atoms with Gasteiger partial charge in [-0.3, -0.25) is 0 Å². The maximum atomic E-state index is 13.4. The number of benzene rings is 2. The molecule has 0 aliphatic rings. The van der Waals surface area contributed by atoms with Crippen molar-refractivity contribution in [2.75, 3.05) is 0 Å². The summed E-state index contributed by atoms with van der Waals surface area (Å²) in [6, 6.07) is 9.11. The summed E-state index contributed by atoms with van der Waals surface area (Å²) in [6.45, 7) is 0. The van der Waals surface area contributed by atoms with Crippen molar-refractivity contribution in [3.05, 3.63) is 71.0 Å².